The molecule has 0 saturated carbocycles. The van der Waals surface area contributed by atoms with Gasteiger partial charge in [0.2, 0.25) is 6.79 Å². The molecule has 2 aromatic rings. The molecule has 0 bridgehead atoms. The Morgan fingerprint density at radius 2 is 2.05 bits per heavy atom. The number of anilines is 1. The molecule has 0 amide bonds. The number of hydrogen-bond donors (Lipinski definition) is 2. The average molecular weight is 326 g/mol. The molecular formula is C13H14N2O4S2. The van der Waals surface area contributed by atoms with Crippen molar-refractivity contribution in [2.24, 2.45) is 0 Å². The lowest BCUT2D eigenvalue weighted by Crippen LogP contribution is -2.11. The summed E-state index contributed by atoms with van der Waals surface area (Å²) < 4.78 is 37.9. The first-order valence-electron chi connectivity index (χ1n) is 6.23. The van der Waals surface area contributed by atoms with Gasteiger partial charge in [0.15, 0.2) is 11.5 Å². The summed E-state index contributed by atoms with van der Waals surface area (Å²) in [4.78, 5) is 0. The van der Waals surface area contributed by atoms with Crippen LogP contribution >= 0.6 is 11.3 Å². The number of hydrogen-bond acceptors (Lipinski definition) is 6. The van der Waals surface area contributed by atoms with Crippen LogP contribution in [-0.4, -0.2) is 22.3 Å². The molecule has 0 fully saturated rings. The molecule has 2 heterocycles. The van der Waals surface area contributed by atoms with Crippen LogP contribution in [0.4, 0.5) is 5.69 Å². The molecule has 1 aliphatic rings. The molecule has 6 nitrogen and oxygen atoms in total. The molecule has 8 heteroatoms. The maximum Gasteiger partial charge on any atom is 0.271 e. The molecule has 2 N–H and O–H groups in total. The molecule has 1 aromatic carbocycles. The molecule has 0 aliphatic carbocycles. The molecular weight excluding hydrogens is 312 g/mol. The van der Waals surface area contributed by atoms with E-state index in [2.05, 4.69) is 10.0 Å². The molecule has 0 unspecified atom stereocenters. The Hall–Kier alpha value is -1.77. The van der Waals surface area contributed by atoms with Crippen LogP contribution in [0.25, 0.3) is 0 Å². The van der Waals surface area contributed by atoms with E-state index in [4.69, 9.17) is 9.47 Å². The predicted octanol–water partition coefficient (Wildman–Crippen LogP) is 2.00. The van der Waals surface area contributed by atoms with Crippen molar-refractivity contribution < 1.29 is 17.9 Å². The van der Waals surface area contributed by atoms with Gasteiger partial charge in [0.1, 0.15) is 4.21 Å². The van der Waals surface area contributed by atoms with Gasteiger partial charge < -0.3 is 14.8 Å². The summed E-state index contributed by atoms with van der Waals surface area (Å²) >= 11 is 1.19. The van der Waals surface area contributed by atoms with E-state index >= 15 is 0 Å². The van der Waals surface area contributed by atoms with Crippen LogP contribution in [0.1, 0.15) is 5.56 Å². The molecule has 1 aliphatic heterocycles. The van der Waals surface area contributed by atoms with Crippen molar-refractivity contribution in [3.63, 3.8) is 0 Å². The van der Waals surface area contributed by atoms with Gasteiger partial charge in [0.05, 0.1) is 5.69 Å². The van der Waals surface area contributed by atoms with Gasteiger partial charge in [-0.25, -0.2) is 8.42 Å². The highest BCUT2D eigenvalue weighted by atomic mass is 32.2. The van der Waals surface area contributed by atoms with E-state index in [1.54, 1.807) is 24.3 Å². The SMILES string of the molecule is CNCc1csc(S(=O)(=O)Nc2ccc3c(c2)OCO3)c1. The number of rotatable bonds is 5. The van der Waals surface area contributed by atoms with Gasteiger partial charge in [-0.05, 0) is 36.2 Å². The van der Waals surface area contributed by atoms with Gasteiger partial charge in [-0.2, -0.15) is 0 Å². The number of sulfonamides is 1. The minimum atomic E-state index is -3.58. The normalized spacial score (nSPS) is 13.4. The maximum atomic E-state index is 12.3. The fraction of sp³-hybridized carbons (Fsp3) is 0.231. The molecule has 21 heavy (non-hydrogen) atoms. The third-order valence-corrected chi connectivity index (χ3v) is 5.77. The summed E-state index contributed by atoms with van der Waals surface area (Å²) in [5.74, 6) is 1.16. The number of ether oxygens (including phenoxy) is 2. The van der Waals surface area contributed by atoms with Crippen LogP contribution in [0.15, 0.2) is 33.9 Å². The monoisotopic (exact) mass is 326 g/mol. The van der Waals surface area contributed by atoms with Crippen molar-refractivity contribution in [2.45, 2.75) is 10.8 Å². The minimum absolute atomic E-state index is 0.157. The Morgan fingerprint density at radius 3 is 2.86 bits per heavy atom. The second kappa shape index (κ2) is 5.55. The molecule has 1 aromatic heterocycles. The topological polar surface area (TPSA) is 76.7 Å². The third kappa shape index (κ3) is 2.97. The summed E-state index contributed by atoms with van der Waals surface area (Å²) in [5.41, 5.74) is 1.39. The Balaban J connectivity index is 1.82. The summed E-state index contributed by atoms with van der Waals surface area (Å²) in [5, 5.41) is 4.81. The highest BCUT2D eigenvalue weighted by Crippen LogP contribution is 2.35. The lowest BCUT2D eigenvalue weighted by atomic mass is 10.3. The van der Waals surface area contributed by atoms with E-state index < -0.39 is 10.0 Å². The van der Waals surface area contributed by atoms with E-state index in [9.17, 15) is 8.42 Å². The first kappa shape index (κ1) is 14.2. The van der Waals surface area contributed by atoms with Crippen molar-refractivity contribution in [3.8, 4) is 11.5 Å². The summed E-state index contributed by atoms with van der Waals surface area (Å²) in [6.07, 6.45) is 0. The zero-order valence-corrected chi connectivity index (χ0v) is 12.9. The summed E-state index contributed by atoms with van der Waals surface area (Å²) in [6, 6.07) is 6.60. The lowest BCUT2D eigenvalue weighted by Gasteiger charge is -2.06. The minimum Gasteiger partial charge on any atom is -0.454 e. The van der Waals surface area contributed by atoms with Crippen molar-refractivity contribution in [1.82, 2.24) is 5.32 Å². The highest BCUT2D eigenvalue weighted by Gasteiger charge is 2.19. The van der Waals surface area contributed by atoms with Crippen LogP contribution in [-0.2, 0) is 16.6 Å². The Kier molecular flexibility index (Phi) is 3.75. The molecule has 112 valence electrons. The quantitative estimate of drug-likeness (QED) is 0.879. The van der Waals surface area contributed by atoms with Crippen molar-refractivity contribution in [2.75, 3.05) is 18.6 Å². The van der Waals surface area contributed by atoms with Crippen molar-refractivity contribution in [1.29, 1.82) is 0 Å². The first-order chi connectivity index (χ1) is 10.1. The predicted molar refractivity (Wildman–Crippen MR) is 80.5 cm³/mol. The standard InChI is InChI=1S/C13H14N2O4S2/c1-14-6-9-4-13(20-7-9)21(16,17)15-10-2-3-11-12(5-10)19-8-18-11/h2-5,7,14-15H,6,8H2,1H3. The average Bonchev–Trinajstić information content (AvgIpc) is 3.07. The Morgan fingerprint density at radius 1 is 1.24 bits per heavy atom. The third-order valence-electron chi connectivity index (χ3n) is 2.90. The highest BCUT2D eigenvalue weighted by molar-refractivity contribution is 7.94. The fourth-order valence-electron chi connectivity index (χ4n) is 1.96. The van der Waals surface area contributed by atoms with E-state index in [1.807, 2.05) is 12.4 Å². The van der Waals surface area contributed by atoms with E-state index in [-0.39, 0.29) is 11.0 Å². The molecule has 0 spiro atoms. The second-order valence-electron chi connectivity index (χ2n) is 4.48. The number of thiophene rings is 1. The largest absolute Gasteiger partial charge is 0.454 e. The van der Waals surface area contributed by atoms with Crippen LogP contribution in [0.2, 0.25) is 0 Å². The van der Waals surface area contributed by atoms with Crippen molar-refractivity contribution in [3.05, 3.63) is 35.2 Å². The van der Waals surface area contributed by atoms with Crippen LogP contribution < -0.4 is 19.5 Å². The van der Waals surface area contributed by atoms with Gasteiger partial charge in [0.25, 0.3) is 10.0 Å². The molecule has 0 saturated heterocycles. The summed E-state index contributed by atoms with van der Waals surface area (Å²) in [7, 11) is -1.77. The van der Waals surface area contributed by atoms with Gasteiger partial charge in [-0.3, -0.25) is 4.72 Å². The smallest absolute Gasteiger partial charge is 0.271 e. The lowest BCUT2D eigenvalue weighted by molar-refractivity contribution is 0.174. The first-order valence-corrected chi connectivity index (χ1v) is 8.59. The molecule has 0 atom stereocenters. The zero-order chi connectivity index (χ0) is 14.9. The summed E-state index contributed by atoms with van der Waals surface area (Å²) in [6.45, 7) is 0.792. The number of nitrogens with one attached hydrogen (secondary N) is 2. The van der Waals surface area contributed by atoms with Crippen LogP contribution in [0.5, 0.6) is 11.5 Å². The fourth-order valence-corrected chi connectivity index (χ4v) is 4.22. The van der Waals surface area contributed by atoms with E-state index in [0.29, 0.717) is 23.7 Å². The van der Waals surface area contributed by atoms with Gasteiger partial charge in [-0.1, -0.05) is 0 Å². The van der Waals surface area contributed by atoms with Crippen molar-refractivity contribution >= 4 is 27.0 Å². The maximum absolute atomic E-state index is 12.3. The molecule has 3 rings (SSSR count). The van der Waals surface area contributed by atoms with Crippen LogP contribution in [0, 0.1) is 0 Å². The number of benzene rings is 1. The number of fused-ring (bicyclic) bond motifs is 1. The second-order valence-corrected chi connectivity index (χ2v) is 7.30. The van der Waals surface area contributed by atoms with Crippen LogP contribution in [0.3, 0.4) is 0 Å². The molecule has 0 radical (unpaired) electrons. The zero-order valence-electron chi connectivity index (χ0n) is 11.3. The Labute approximate surface area is 126 Å². The van der Waals surface area contributed by atoms with Gasteiger partial charge in [-0.15, -0.1) is 11.3 Å². The van der Waals surface area contributed by atoms with Gasteiger partial charge in [0, 0.05) is 12.6 Å². The van der Waals surface area contributed by atoms with E-state index in [0.717, 1.165) is 5.56 Å². The Bertz CT molecular complexity index is 755. The van der Waals surface area contributed by atoms with E-state index in [1.165, 1.54) is 11.3 Å². The van der Waals surface area contributed by atoms with Gasteiger partial charge >= 0.3 is 0 Å².